The summed E-state index contributed by atoms with van der Waals surface area (Å²) >= 11 is 0. The fourth-order valence-electron chi connectivity index (χ4n) is 0. The monoisotopic (exact) mass is 163 g/mol. The van der Waals surface area contributed by atoms with Gasteiger partial charge in [-0.25, -0.2) is 0 Å². The topological polar surface area (TPSA) is 0 Å². The van der Waals surface area contributed by atoms with Crippen molar-refractivity contribution in [1.82, 2.24) is 0 Å². The summed E-state index contributed by atoms with van der Waals surface area (Å²) in [6, 6.07) is 0. The zero-order chi connectivity index (χ0) is 4.00. The van der Waals surface area contributed by atoms with E-state index in [4.69, 9.17) is 0 Å². The molecule has 0 spiro atoms. The van der Waals surface area contributed by atoms with Gasteiger partial charge in [-0.05, 0) is 0 Å². The quantitative estimate of drug-likeness (QED) is 0.480. The molecule has 0 nitrogen and oxygen atoms in total. The van der Waals surface area contributed by atoms with Crippen LogP contribution in [0.2, 0.25) is 0 Å². The third-order valence-corrected chi connectivity index (χ3v) is 0. The molecule has 0 heterocycles. The Kier molecular flexibility index (Phi) is 597. The maximum Gasteiger partial charge on any atom is 0 e. The van der Waals surface area contributed by atoms with Crippen LogP contribution in [0.1, 0.15) is 21.3 Å². The first kappa shape index (κ1) is 27.5. The van der Waals surface area contributed by atoms with E-state index in [0.29, 0.717) is 0 Å². The average Bonchev–Trinajstić information content (AvgIpc) is 1.50. The van der Waals surface area contributed by atoms with Crippen LogP contribution < -0.4 is 0 Å². The van der Waals surface area contributed by atoms with Crippen LogP contribution in [0.15, 0.2) is 0 Å². The molecule has 0 fully saturated rings. The van der Waals surface area contributed by atoms with Gasteiger partial charge in [0.05, 0.1) is 0 Å². The van der Waals surface area contributed by atoms with Crippen LogP contribution in [0.5, 0.6) is 0 Å². The zero-order valence-electron chi connectivity index (χ0n) is 3.99. The molecule has 0 atom stereocenters. The van der Waals surface area contributed by atoms with E-state index in [2.05, 4.69) is 13.8 Å². The van der Waals surface area contributed by atoms with Crippen molar-refractivity contribution in [2.45, 2.75) is 21.3 Å². The zero-order valence-corrected chi connectivity index (χ0v) is 6.83. The van der Waals surface area contributed by atoms with Crippen LogP contribution in [-0.4, -0.2) is 0 Å². The van der Waals surface area contributed by atoms with Crippen LogP contribution >= 0.6 is 0 Å². The van der Waals surface area contributed by atoms with E-state index in [0.717, 1.165) is 0 Å². The molecular formula is C5H14Y-2. The van der Waals surface area contributed by atoms with Gasteiger partial charge < -0.3 is 13.8 Å². The van der Waals surface area contributed by atoms with Crippen molar-refractivity contribution in [3.05, 3.63) is 13.8 Å². The summed E-state index contributed by atoms with van der Waals surface area (Å²) in [5.74, 6) is 0. The maximum atomic E-state index is 3.25. The molecule has 0 saturated heterocycles. The van der Waals surface area contributed by atoms with Crippen molar-refractivity contribution in [3.63, 3.8) is 0 Å². The van der Waals surface area contributed by atoms with Gasteiger partial charge in [0.25, 0.3) is 0 Å². The van der Waals surface area contributed by atoms with E-state index >= 15 is 0 Å². The van der Waals surface area contributed by atoms with Gasteiger partial charge in [-0.3, -0.25) is 0 Å². The van der Waals surface area contributed by atoms with E-state index in [-0.39, 0.29) is 40.1 Å². The first-order valence-corrected chi connectivity index (χ1v) is 1.41. The summed E-state index contributed by atoms with van der Waals surface area (Å²) in [5.41, 5.74) is 0. The number of hydrogen-bond acceptors (Lipinski definition) is 0. The predicted molar refractivity (Wildman–Crippen MR) is 28.8 cm³/mol. The second-order valence-electron chi connectivity index (χ2n) is 0. The second kappa shape index (κ2) is 130. The van der Waals surface area contributed by atoms with E-state index in [1.54, 1.807) is 13.8 Å². The predicted octanol–water partition coefficient (Wildman–Crippen LogP) is 2.31. The minimum atomic E-state index is 0. The Balaban J connectivity index is -0.00000000500. The second-order valence-corrected chi connectivity index (χ2v) is 0. The van der Waals surface area contributed by atoms with Crippen molar-refractivity contribution in [3.8, 4) is 0 Å². The Morgan fingerprint density at radius 3 is 0.833 bits per heavy atom. The van der Waals surface area contributed by atoms with Gasteiger partial charge in [0.1, 0.15) is 0 Å². The molecule has 0 aliphatic heterocycles. The third-order valence-electron chi connectivity index (χ3n) is 0. The van der Waals surface area contributed by atoms with Gasteiger partial charge in [0.15, 0.2) is 0 Å². The molecule has 0 aromatic heterocycles. The molecule has 0 bridgehead atoms. The Bertz CT molecular complexity index is 3.90. The summed E-state index contributed by atoms with van der Waals surface area (Å²) in [4.78, 5) is 0. The van der Waals surface area contributed by atoms with Gasteiger partial charge in [0, 0.05) is 32.7 Å². The van der Waals surface area contributed by atoms with Crippen LogP contribution in [0.25, 0.3) is 0 Å². The summed E-state index contributed by atoms with van der Waals surface area (Å²) in [7, 11) is 0. The number of rotatable bonds is 0. The van der Waals surface area contributed by atoms with Crippen LogP contribution in [0.3, 0.4) is 0 Å². The Morgan fingerprint density at radius 2 is 0.833 bits per heavy atom. The van der Waals surface area contributed by atoms with Crippen molar-refractivity contribution in [1.29, 1.82) is 0 Å². The van der Waals surface area contributed by atoms with E-state index in [9.17, 15) is 0 Å². The third kappa shape index (κ3) is 70.5. The summed E-state index contributed by atoms with van der Waals surface area (Å²) in [6.45, 7) is 10.0. The Hall–Kier alpha value is 1.10. The van der Waals surface area contributed by atoms with Crippen LogP contribution in [-0.2, 0) is 32.7 Å². The first-order valence-electron chi connectivity index (χ1n) is 1.41. The van der Waals surface area contributed by atoms with Gasteiger partial charge in [-0.2, -0.15) is 13.8 Å². The summed E-state index contributed by atoms with van der Waals surface area (Å²) in [5, 5.41) is 0. The fourth-order valence-corrected chi connectivity index (χ4v) is 0. The molecule has 0 aliphatic rings. The summed E-state index contributed by atoms with van der Waals surface area (Å²) in [6.07, 6.45) is 0. The largest absolute Gasteiger partial charge is 0.346 e. The first-order chi connectivity index (χ1) is 2.00. The molecule has 6 heavy (non-hydrogen) atoms. The summed E-state index contributed by atoms with van der Waals surface area (Å²) < 4.78 is 0. The minimum Gasteiger partial charge on any atom is -0.346 e. The molecule has 0 amide bonds. The maximum absolute atomic E-state index is 3.25. The van der Waals surface area contributed by atoms with Gasteiger partial charge in [0.2, 0.25) is 0 Å². The number of hydrogen-bond donors (Lipinski definition) is 0. The van der Waals surface area contributed by atoms with E-state index < -0.39 is 0 Å². The van der Waals surface area contributed by atoms with Crippen LogP contribution in [0.4, 0.5) is 0 Å². The van der Waals surface area contributed by atoms with E-state index in [1.165, 1.54) is 0 Å². The molecule has 39 valence electrons. The molecule has 0 N–H and O–H groups in total. The molecule has 0 saturated carbocycles. The average molecular weight is 163 g/mol. The van der Waals surface area contributed by atoms with Crippen LogP contribution in [0, 0.1) is 13.8 Å². The smallest absolute Gasteiger partial charge is 0 e. The van der Waals surface area contributed by atoms with Gasteiger partial charge in [-0.1, -0.05) is 7.43 Å². The molecule has 0 aliphatic carbocycles. The van der Waals surface area contributed by atoms with Crippen molar-refractivity contribution >= 4 is 0 Å². The normalized spacial score (nSPS) is 2.00. The Labute approximate surface area is 67.6 Å². The van der Waals surface area contributed by atoms with Gasteiger partial charge >= 0.3 is 0 Å². The standard InChI is InChI=1S/2C2H5.CH4.Y/c2*1-2;;/h2*1H2,2H3;1H4;/q2*-1;;. The van der Waals surface area contributed by atoms with E-state index in [1.807, 2.05) is 0 Å². The van der Waals surface area contributed by atoms with Gasteiger partial charge in [-0.15, -0.1) is 0 Å². The molecule has 0 aromatic carbocycles. The molecule has 1 radical (unpaired) electrons. The van der Waals surface area contributed by atoms with Crippen molar-refractivity contribution in [2.75, 3.05) is 0 Å². The molecule has 0 aromatic rings. The van der Waals surface area contributed by atoms with Crippen molar-refractivity contribution < 1.29 is 32.7 Å². The molecule has 1 heteroatoms. The molecular weight excluding hydrogens is 149 g/mol. The molecule has 0 unspecified atom stereocenters. The minimum absolute atomic E-state index is 0. The SMILES string of the molecule is C.[CH2-]C.[CH2-]C.[Y]. The van der Waals surface area contributed by atoms with Crippen molar-refractivity contribution in [2.24, 2.45) is 0 Å². The molecule has 0 rings (SSSR count). The fraction of sp³-hybridized carbons (Fsp3) is 0.600. The Morgan fingerprint density at radius 1 is 0.833 bits per heavy atom.